The molecule has 0 saturated carbocycles. The Kier molecular flexibility index (Phi) is 5.86. The molecule has 8 heteroatoms. The number of carboxylic acids is 1. The predicted octanol–water partition coefficient (Wildman–Crippen LogP) is 1.71. The summed E-state index contributed by atoms with van der Waals surface area (Å²) in [6.07, 6.45) is 2.13. The van der Waals surface area contributed by atoms with Crippen molar-refractivity contribution in [3.8, 4) is 5.75 Å². The fourth-order valence-electron chi connectivity index (χ4n) is 2.29. The number of aliphatic carboxylic acids is 1. The van der Waals surface area contributed by atoms with Gasteiger partial charge in [0.1, 0.15) is 12.4 Å². The van der Waals surface area contributed by atoms with E-state index in [-0.39, 0.29) is 13.0 Å². The van der Waals surface area contributed by atoms with Crippen LogP contribution in [-0.2, 0) is 27.8 Å². The van der Waals surface area contributed by atoms with Gasteiger partial charge in [0.05, 0.1) is 0 Å². The van der Waals surface area contributed by atoms with Crippen LogP contribution in [-0.4, -0.2) is 35.1 Å². The van der Waals surface area contributed by atoms with Gasteiger partial charge in [-0.3, -0.25) is 9.59 Å². The fourth-order valence-corrected chi connectivity index (χ4v) is 3.07. The fraction of sp³-hybridized carbons (Fsp3) is 0.333. The third-order valence-electron chi connectivity index (χ3n) is 4.32. The van der Waals surface area contributed by atoms with Crippen LogP contribution >= 0.6 is 0 Å². The van der Waals surface area contributed by atoms with E-state index in [4.69, 9.17) is 4.74 Å². The van der Waals surface area contributed by atoms with E-state index in [1.54, 1.807) is 6.07 Å². The third kappa shape index (κ3) is 4.51. The van der Waals surface area contributed by atoms with E-state index < -0.39 is 26.1 Å². The van der Waals surface area contributed by atoms with Gasteiger partial charge in [-0.15, -0.1) is 0 Å². The summed E-state index contributed by atoms with van der Waals surface area (Å²) in [5.74, 6) is -1.05. The average molecular weight is 379 g/mol. The molecule has 1 unspecified atom stereocenters. The average Bonchev–Trinajstić information content (AvgIpc) is 2.58. The number of carboxylic acid groups (broad SMARTS) is 1. The lowest BCUT2D eigenvalue weighted by Crippen LogP contribution is -2.44. The number of benzene rings is 1. The zero-order valence-electron chi connectivity index (χ0n) is 14.6. The number of carbonyl (C=O) groups is 1. The first kappa shape index (κ1) is 19.7. The molecule has 0 amide bonds. The summed E-state index contributed by atoms with van der Waals surface area (Å²) in [6.45, 7) is 1.43. The first-order chi connectivity index (χ1) is 12.1. The van der Waals surface area contributed by atoms with Gasteiger partial charge < -0.3 is 14.4 Å². The van der Waals surface area contributed by atoms with Crippen LogP contribution in [0, 0.1) is 0 Å². The number of sulfone groups is 1. The van der Waals surface area contributed by atoms with Gasteiger partial charge in [0.15, 0.2) is 14.6 Å². The van der Waals surface area contributed by atoms with E-state index in [9.17, 15) is 23.1 Å². The molecule has 1 N–H and O–H groups in total. The second kappa shape index (κ2) is 7.74. The summed E-state index contributed by atoms with van der Waals surface area (Å²) in [6, 6.07) is 12.4. The molecule has 1 aromatic heterocycles. The zero-order valence-corrected chi connectivity index (χ0v) is 15.4. The monoisotopic (exact) mass is 379 g/mol. The van der Waals surface area contributed by atoms with Crippen molar-refractivity contribution in [2.75, 3.05) is 6.26 Å². The van der Waals surface area contributed by atoms with E-state index in [1.807, 2.05) is 30.3 Å². The molecule has 7 nitrogen and oxygen atoms in total. The van der Waals surface area contributed by atoms with Crippen LogP contribution in [0.3, 0.4) is 0 Å². The highest BCUT2D eigenvalue weighted by Gasteiger charge is 2.43. The van der Waals surface area contributed by atoms with Crippen molar-refractivity contribution in [2.45, 2.75) is 31.2 Å². The Bertz CT molecular complexity index is 936. The number of hydrogen-bond acceptors (Lipinski definition) is 5. The number of hydrogen-bond donors (Lipinski definition) is 1. The molecule has 0 saturated heterocycles. The molecule has 2 rings (SSSR count). The van der Waals surface area contributed by atoms with Crippen LogP contribution in [0.5, 0.6) is 5.75 Å². The molecule has 1 atom stereocenters. The van der Waals surface area contributed by atoms with E-state index in [0.717, 1.165) is 18.7 Å². The van der Waals surface area contributed by atoms with Crippen LogP contribution in [0.2, 0.25) is 0 Å². The Morgan fingerprint density at radius 3 is 2.42 bits per heavy atom. The second-order valence-electron chi connectivity index (χ2n) is 6.23. The first-order valence-electron chi connectivity index (χ1n) is 7.94. The van der Waals surface area contributed by atoms with Crippen molar-refractivity contribution in [3.05, 3.63) is 64.6 Å². The standard InChI is InChI=1S/C18H21NO6S/c1-18(17(21)22,26(2,23)24)9-11-19-10-8-15(12-16(19)20)25-13-14-6-4-3-5-7-14/h3-8,10,12H,9,11,13H2,1-2H3,(H,21,22). The van der Waals surface area contributed by atoms with Gasteiger partial charge in [0.25, 0.3) is 5.56 Å². The quantitative estimate of drug-likeness (QED) is 0.749. The van der Waals surface area contributed by atoms with Gasteiger partial charge >= 0.3 is 5.97 Å². The lowest BCUT2D eigenvalue weighted by molar-refractivity contribution is -0.139. The molecule has 0 radical (unpaired) electrons. The van der Waals surface area contributed by atoms with Crippen LogP contribution in [0.4, 0.5) is 0 Å². The Morgan fingerprint density at radius 1 is 1.23 bits per heavy atom. The molecule has 0 spiro atoms. The molecular weight excluding hydrogens is 358 g/mol. The third-order valence-corrected chi connectivity index (χ3v) is 6.33. The maximum absolute atomic E-state index is 12.2. The second-order valence-corrected chi connectivity index (χ2v) is 8.67. The maximum Gasteiger partial charge on any atom is 0.324 e. The van der Waals surface area contributed by atoms with Gasteiger partial charge in [-0.2, -0.15) is 0 Å². The number of aryl methyl sites for hydroxylation is 1. The van der Waals surface area contributed by atoms with Crippen molar-refractivity contribution in [2.24, 2.45) is 0 Å². The van der Waals surface area contributed by atoms with Crippen LogP contribution in [0.1, 0.15) is 18.9 Å². The minimum absolute atomic E-state index is 0.0341. The van der Waals surface area contributed by atoms with E-state index in [2.05, 4.69) is 0 Å². The number of pyridine rings is 1. The summed E-state index contributed by atoms with van der Waals surface area (Å²) in [7, 11) is -3.83. The predicted molar refractivity (Wildman–Crippen MR) is 97.0 cm³/mol. The molecule has 1 aromatic carbocycles. The largest absolute Gasteiger partial charge is 0.489 e. The molecule has 1 heterocycles. The summed E-state index contributed by atoms with van der Waals surface area (Å²) in [5.41, 5.74) is 0.568. The Balaban J connectivity index is 2.08. The first-order valence-corrected chi connectivity index (χ1v) is 9.83. The molecule has 0 aliphatic carbocycles. The molecular formula is C18H21NO6S. The van der Waals surface area contributed by atoms with Crippen molar-refractivity contribution < 1.29 is 23.1 Å². The van der Waals surface area contributed by atoms with Crippen LogP contribution < -0.4 is 10.3 Å². The molecule has 2 aromatic rings. The maximum atomic E-state index is 12.2. The van der Waals surface area contributed by atoms with E-state index >= 15 is 0 Å². The number of aromatic nitrogens is 1. The molecule has 0 aliphatic heterocycles. The molecule has 26 heavy (non-hydrogen) atoms. The number of ether oxygens (including phenoxy) is 1. The minimum Gasteiger partial charge on any atom is -0.489 e. The lowest BCUT2D eigenvalue weighted by Gasteiger charge is -2.23. The van der Waals surface area contributed by atoms with E-state index in [1.165, 1.54) is 16.8 Å². The zero-order chi connectivity index (χ0) is 19.4. The van der Waals surface area contributed by atoms with Gasteiger partial charge in [0, 0.05) is 25.1 Å². The Morgan fingerprint density at radius 2 is 1.88 bits per heavy atom. The summed E-state index contributed by atoms with van der Waals surface area (Å²) in [4.78, 5) is 23.5. The molecule has 0 bridgehead atoms. The van der Waals surface area contributed by atoms with Gasteiger partial charge in [-0.05, 0) is 25.0 Å². The topological polar surface area (TPSA) is 103 Å². The van der Waals surface area contributed by atoms with Crippen LogP contribution in [0.15, 0.2) is 53.5 Å². The summed E-state index contributed by atoms with van der Waals surface area (Å²) in [5, 5.41) is 9.25. The van der Waals surface area contributed by atoms with Crippen molar-refractivity contribution >= 4 is 15.8 Å². The van der Waals surface area contributed by atoms with Crippen molar-refractivity contribution in [3.63, 3.8) is 0 Å². The molecule has 0 aliphatic rings. The highest BCUT2D eigenvalue weighted by molar-refractivity contribution is 7.92. The smallest absolute Gasteiger partial charge is 0.324 e. The highest BCUT2D eigenvalue weighted by atomic mass is 32.2. The van der Waals surface area contributed by atoms with E-state index in [0.29, 0.717) is 12.4 Å². The van der Waals surface area contributed by atoms with Gasteiger partial charge in [0.2, 0.25) is 0 Å². The summed E-state index contributed by atoms with van der Waals surface area (Å²) < 4.78 is 28.5. The minimum atomic E-state index is -3.83. The van der Waals surface area contributed by atoms with Crippen molar-refractivity contribution in [1.29, 1.82) is 0 Å². The van der Waals surface area contributed by atoms with Gasteiger partial charge in [-0.25, -0.2) is 8.42 Å². The van der Waals surface area contributed by atoms with Crippen LogP contribution in [0.25, 0.3) is 0 Å². The van der Waals surface area contributed by atoms with Gasteiger partial charge in [-0.1, -0.05) is 30.3 Å². The summed E-state index contributed by atoms with van der Waals surface area (Å²) >= 11 is 0. The highest BCUT2D eigenvalue weighted by Crippen LogP contribution is 2.22. The molecule has 0 fully saturated rings. The number of rotatable bonds is 8. The number of nitrogens with zero attached hydrogens (tertiary/aromatic N) is 1. The Hall–Kier alpha value is -2.61. The SMILES string of the molecule is CC(CCn1ccc(OCc2ccccc2)cc1=O)(C(=O)O)S(C)(=O)=O. The normalized spacial score (nSPS) is 13.8. The lowest BCUT2D eigenvalue weighted by atomic mass is 10.1. The van der Waals surface area contributed by atoms with Crippen molar-refractivity contribution in [1.82, 2.24) is 4.57 Å². The molecule has 140 valence electrons. The Labute approximate surface area is 151 Å².